The lowest BCUT2D eigenvalue weighted by Gasteiger charge is -2.27. The van der Waals surface area contributed by atoms with Crippen molar-refractivity contribution >= 4 is 11.4 Å². The number of nitriles is 1. The van der Waals surface area contributed by atoms with Gasteiger partial charge in [0.1, 0.15) is 6.07 Å². The lowest BCUT2D eigenvalue weighted by Crippen LogP contribution is -2.32. The van der Waals surface area contributed by atoms with Gasteiger partial charge in [0.05, 0.1) is 23.0 Å². The van der Waals surface area contributed by atoms with Gasteiger partial charge in [0.15, 0.2) is 0 Å². The van der Waals surface area contributed by atoms with Gasteiger partial charge in [0, 0.05) is 19.7 Å². The molecular formula is C14H19N3O. The van der Waals surface area contributed by atoms with Gasteiger partial charge in [-0.3, -0.25) is 0 Å². The number of para-hydroxylation sites is 1. The van der Waals surface area contributed by atoms with Gasteiger partial charge in [-0.15, -0.1) is 0 Å². The number of nitrogens with two attached hydrogens (primary N) is 1. The molecular weight excluding hydrogens is 226 g/mol. The summed E-state index contributed by atoms with van der Waals surface area (Å²) in [6.45, 7) is 4.65. The summed E-state index contributed by atoms with van der Waals surface area (Å²) in [6.07, 6.45) is 2.53. The van der Waals surface area contributed by atoms with Crippen LogP contribution in [0.5, 0.6) is 0 Å². The van der Waals surface area contributed by atoms with E-state index in [1.54, 1.807) is 6.07 Å². The summed E-state index contributed by atoms with van der Waals surface area (Å²) in [5.74, 6) is 0. The third kappa shape index (κ3) is 2.57. The quantitative estimate of drug-likeness (QED) is 0.826. The Labute approximate surface area is 108 Å². The minimum absolute atomic E-state index is 0.287. The van der Waals surface area contributed by atoms with Gasteiger partial charge in [-0.1, -0.05) is 6.07 Å². The van der Waals surface area contributed by atoms with Crippen molar-refractivity contribution in [1.29, 1.82) is 5.26 Å². The lowest BCUT2D eigenvalue weighted by atomic mass is 10.1. The standard InChI is InChI=1S/C14H19N3O/c1-2-17(10-12-6-4-8-18-12)13-7-3-5-11(9-15)14(13)16/h3,5,7,12H,2,4,6,8,10,16H2,1H3. The Morgan fingerprint density at radius 1 is 1.56 bits per heavy atom. The minimum atomic E-state index is 0.287. The molecule has 1 aliphatic rings. The molecule has 1 aliphatic heterocycles. The highest BCUT2D eigenvalue weighted by molar-refractivity contribution is 5.73. The molecule has 1 saturated heterocycles. The first-order valence-corrected chi connectivity index (χ1v) is 6.41. The first-order valence-electron chi connectivity index (χ1n) is 6.41. The molecule has 0 aromatic heterocycles. The number of likely N-dealkylation sites (N-methyl/N-ethyl adjacent to an activating group) is 1. The number of benzene rings is 1. The third-order valence-corrected chi connectivity index (χ3v) is 3.37. The third-order valence-electron chi connectivity index (χ3n) is 3.37. The summed E-state index contributed by atoms with van der Waals surface area (Å²) in [4.78, 5) is 2.19. The Morgan fingerprint density at radius 3 is 3.00 bits per heavy atom. The molecule has 1 atom stereocenters. The van der Waals surface area contributed by atoms with Gasteiger partial charge in [-0.05, 0) is 31.9 Å². The predicted molar refractivity (Wildman–Crippen MR) is 72.4 cm³/mol. The van der Waals surface area contributed by atoms with Crippen LogP contribution in [0.4, 0.5) is 11.4 Å². The van der Waals surface area contributed by atoms with Gasteiger partial charge < -0.3 is 15.4 Å². The van der Waals surface area contributed by atoms with Crippen LogP contribution < -0.4 is 10.6 Å². The SMILES string of the molecule is CCN(CC1CCCO1)c1cccc(C#N)c1N. The second-order valence-corrected chi connectivity index (χ2v) is 4.52. The lowest BCUT2D eigenvalue weighted by molar-refractivity contribution is 0.116. The molecule has 0 aliphatic carbocycles. The molecule has 0 spiro atoms. The molecule has 0 radical (unpaired) electrons. The maximum absolute atomic E-state index is 9.01. The summed E-state index contributed by atoms with van der Waals surface area (Å²) >= 11 is 0. The molecule has 2 N–H and O–H groups in total. The Hall–Kier alpha value is -1.73. The number of hydrogen-bond acceptors (Lipinski definition) is 4. The van der Waals surface area contributed by atoms with Crippen LogP contribution in [0.2, 0.25) is 0 Å². The average Bonchev–Trinajstić information content (AvgIpc) is 2.89. The molecule has 2 rings (SSSR count). The summed E-state index contributed by atoms with van der Waals surface area (Å²) < 4.78 is 5.66. The Balaban J connectivity index is 2.19. The van der Waals surface area contributed by atoms with Crippen molar-refractivity contribution in [2.45, 2.75) is 25.9 Å². The Morgan fingerprint density at radius 2 is 2.39 bits per heavy atom. The van der Waals surface area contributed by atoms with Crippen LogP contribution in [-0.4, -0.2) is 25.8 Å². The van der Waals surface area contributed by atoms with Crippen LogP contribution in [-0.2, 0) is 4.74 Å². The number of rotatable bonds is 4. The zero-order chi connectivity index (χ0) is 13.0. The van der Waals surface area contributed by atoms with Gasteiger partial charge in [0.25, 0.3) is 0 Å². The largest absolute Gasteiger partial charge is 0.396 e. The van der Waals surface area contributed by atoms with Crippen molar-refractivity contribution in [3.8, 4) is 6.07 Å². The fraction of sp³-hybridized carbons (Fsp3) is 0.500. The summed E-state index contributed by atoms with van der Waals surface area (Å²) in [5.41, 5.74) is 8.09. The van der Waals surface area contributed by atoms with E-state index < -0.39 is 0 Å². The number of anilines is 2. The number of ether oxygens (including phenoxy) is 1. The van der Waals surface area contributed by atoms with Gasteiger partial charge in [-0.2, -0.15) is 5.26 Å². The normalized spacial score (nSPS) is 18.6. The number of hydrogen-bond donors (Lipinski definition) is 1. The average molecular weight is 245 g/mol. The molecule has 0 saturated carbocycles. The van der Waals surface area contributed by atoms with Crippen molar-refractivity contribution in [2.75, 3.05) is 30.3 Å². The molecule has 4 heteroatoms. The fourth-order valence-electron chi connectivity index (χ4n) is 2.36. The van der Waals surface area contributed by atoms with Crippen molar-refractivity contribution in [3.05, 3.63) is 23.8 Å². The smallest absolute Gasteiger partial charge is 0.101 e. The summed E-state index contributed by atoms with van der Waals surface area (Å²) in [7, 11) is 0. The van der Waals surface area contributed by atoms with Crippen molar-refractivity contribution in [3.63, 3.8) is 0 Å². The molecule has 1 aromatic rings. The van der Waals surface area contributed by atoms with Gasteiger partial charge in [0.2, 0.25) is 0 Å². The predicted octanol–water partition coefficient (Wildman–Crippen LogP) is 2.15. The molecule has 18 heavy (non-hydrogen) atoms. The highest BCUT2D eigenvalue weighted by atomic mass is 16.5. The van der Waals surface area contributed by atoms with Gasteiger partial charge >= 0.3 is 0 Å². The van der Waals surface area contributed by atoms with Crippen LogP contribution in [0, 0.1) is 11.3 Å². The first kappa shape index (κ1) is 12.7. The second kappa shape index (κ2) is 5.74. The molecule has 0 bridgehead atoms. The fourth-order valence-corrected chi connectivity index (χ4v) is 2.36. The molecule has 1 heterocycles. The van der Waals surface area contributed by atoms with E-state index in [4.69, 9.17) is 15.7 Å². The highest BCUT2D eigenvalue weighted by Gasteiger charge is 2.20. The van der Waals surface area contributed by atoms with E-state index in [0.717, 1.165) is 38.2 Å². The molecule has 4 nitrogen and oxygen atoms in total. The van der Waals surface area contributed by atoms with E-state index >= 15 is 0 Å². The molecule has 1 fully saturated rings. The van der Waals surface area contributed by atoms with Crippen molar-refractivity contribution in [1.82, 2.24) is 0 Å². The zero-order valence-electron chi connectivity index (χ0n) is 10.7. The summed E-state index contributed by atoms with van der Waals surface area (Å²) in [6, 6.07) is 7.72. The summed E-state index contributed by atoms with van der Waals surface area (Å²) in [5, 5.41) is 9.01. The number of nitrogen functional groups attached to an aromatic ring is 1. The van der Waals surface area contributed by atoms with E-state index in [0.29, 0.717) is 11.3 Å². The van der Waals surface area contributed by atoms with E-state index in [9.17, 15) is 0 Å². The maximum Gasteiger partial charge on any atom is 0.101 e. The van der Waals surface area contributed by atoms with E-state index in [-0.39, 0.29) is 6.10 Å². The van der Waals surface area contributed by atoms with Gasteiger partial charge in [-0.25, -0.2) is 0 Å². The van der Waals surface area contributed by atoms with E-state index in [1.807, 2.05) is 12.1 Å². The molecule has 96 valence electrons. The minimum Gasteiger partial charge on any atom is -0.396 e. The van der Waals surface area contributed by atoms with Crippen LogP contribution in [0.3, 0.4) is 0 Å². The Bertz CT molecular complexity index is 447. The van der Waals surface area contributed by atoms with E-state index in [1.165, 1.54) is 0 Å². The molecule has 1 unspecified atom stereocenters. The number of nitrogens with zero attached hydrogens (tertiary/aromatic N) is 2. The Kier molecular flexibility index (Phi) is 4.06. The van der Waals surface area contributed by atoms with Crippen molar-refractivity contribution < 1.29 is 4.74 Å². The van der Waals surface area contributed by atoms with Crippen LogP contribution >= 0.6 is 0 Å². The highest BCUT2D eigenvalue weighted by Crippen LogP contribution is 2.27. The second-order valence-electron chi connectivity index (χ2n) is 4.52. The van der Waals surface area contributed by atoms with Crippen LogP contribution in [0.15, 0.2) is 18.2 Å². The van der Waals surface area contributed by atoms with Crippen LogP contribution in [0.25, 0.3) is 0 Å². The zero-order valence-corrected chi connectivity index (χ0v) is 10.7. The van der Waals surface area contributed by atoms with Crippen molar-refractivity contribution in [2.24, 2.45) is 0 Å². The maximum atomic E-state index is 9.01. The molecule has 0 amide bonds. The first-order chi connectivity index (χ1) is 8.76. The topological polar surface area (TPSA) is 62.3 Å². The monoisotopic (exact) mass is 245 g/mol. The van der Waals surface area contributed by atoms with E-state index in [2.05, 4.69) is 17.9 Å². The molecule has 1 aromatic carbocycles. The van der Waals surface area contributed by atoms with Crippen LogP contribution in [0.1, 0.15) is 25.3 Å².